The minimum atomic E-state index is -0.372. The fourth-order valence-electron chi connectivity index (χ4n) is 1.01. The van der Waals surface area contributed by atoms with Gasteiger partial charge >= 0.3 is 0 Å². The van der Waals surface area contributed by atoms with Crippen molar-refractivity contribution in [1.82, 2.24) is 0 Å². The summed E-state index contributed by atoms with van der Waals surface area (Å²) in [6.07, 6.45) is 0.194. The Morgan fingerprint density at radius 1 is 1.42 bits per heavy atom. The van der Waals surface area contributed by atoms with Crippen LogP contribution in [0.25, 0.3) is 0 Å². The van der Waals surface area contributed by atoms with Crippen molar-refractivity contribution in [2.24, 2.45) is 0 Å². The van der Waals surface area contributed by atoms with Crippen LogP contribution in [0.3, 0.4) is 0 Å². The molecule has 0 aliphatic heterocycles. The van der Waals surface area contributed by atoms with Crippen molar-refractivity contribution in [3.05, 3.63) is 33.8 Å². The molecular formula is C9H10Cl2O. The standard InChI is InChI=1S/C9H10Cl2O/c1-6(12)4-7-2-3-8(10)5-9(7)11/h2-3,5-6,12H,4H2,1H3. The Hall–Kier alpha value is -0.240. The highest BCUT2D eigenvalue weighted by atomic mass is 35.5. The maximum absolute atomic E-state index is 9.11. The number of hydrogen-bond acceptors (Lipinski definition) is 1. The summed E-state index contributed by atoms with van der Waals surface area (Å²) in [4.78, 5) is 0. The van der Waals surface area contributed by atoms with E-state index in [-0.39, 0.29) is 6.10 Å². The van der Waals surface area contributed by atoms with Gasteiger partial charge in [-0.15, -0.1) is 0 Å². The zero-order valence-electron chi connectivity index (χ0n) is 6.72. The lowest BCUT2D eigenvalue weighted by Crippen LogP contribution is -2.04. The molecular weight excluding hydrogens is 195 g/mol. The van der Waals surface area contributed by atoms with Gasteiger partial charge < -0.3 is 5.11 Å². The molecule has 0 aromatic heterocycles. The van der Waals surface area contributed by atoms with E-state index in [0.29, 0.717) is 16.5 Å². The maximum atomic E-state index is 9.11. The van der Waals surface area contributed by atoms with E-state index in [1.807, 2.05) is 6.07 Å². The van der Waals surface area contributed by atoms with Gasteiger partial charge in [0.25, 0.3) is 0 Å². The molecule has 1 aromatic carbocycles. The number of benzene rings is 1. The van der Waals surface area contributed by atoms with E-state index in [2.05, 4.69) is 0 Å². The second-order valence-corrected chi connectivity index (χ2v) is 3.63. The minimum Gasteiger partial charge on any atom is -0.393 e. The molecule has 0 aliphatic carbocycles. The van der Waals surface area contributed by atoms with Gasteiger partial charge in [0.1, 0.15) is 0 Å². The molecule has 1 rings (SSSR count). The summed E-state index contributed by atoms with van der Waals surface area (Å²) in [7, 11) is 0. The monoisotopic (exact) mass is 204 g/mol. The predicted molar refractivity (Wildman–Crippen MR) is 51.8 cm³/mol. The molecule has 12 heavy (non-hydrogen) atoms. The maximum Gasteiger partial charge on any atom is 0.0552 e. The van der Waals surface area contributed by atoms with Crippen molar-refractivity contribution in [2.75, 3.05) is 0 Å². The van der Waals surface area contributed by atoms with Crippen molar-refractivity contribution in [2.45, 2.75) is 19.4 Å². The lowest BCUT2D eigenvalue weighted by Gasteiger charge is -2.06. The average Bonchev–Trinajstić information content (AvgIpc) is 1.94. The van der Waals surface area contributed by atoms with Crippen molar-refractivity contribution < 1.29 is 5.11 Å². The lowest BCUT2D eigenvalue weighted by molar-refractivity contribution is 0.195. The van der Waals surface area contributed by atoms with Gasteiger partial charge in [-0.1, -0.05) is 29.3 Å². The zero-order chi connectivity index (χ0) is 9.14. The van der Waals surface area contributed by atoms with Gasteiger partial charge in [0.2, 0.25) is 0 Å². The molecule has 1 nitrogen and oxygen atoms in total. The summed E-state index contributed by atoms with van der Waals surface area (Å²) in [5.41, 5.74) is 0.927. The summed E-state index contributed by atoms with van der Waals surface area (Å²) in [6.45, 7) is 1.73. The van der Waals surface area contributed by atoms with Gasteiger partial charge in [0, 0.05) is 10.0 Å². The molecule has 0 heterocycles. The molecule has 0 radical (unpaired) electrons. The molecule has 1 aromatic rings. The Labute approximate surface area is 81.9 Å². The zero-order valence-corrected chi connectivity index (χ0v) is 8.23. The van der Waals surface area contributed by atoms with Crippen molar-refractivity contribution in [3.8, 4) is 0 Å². The third-order valence-corrected chi connectivity index (χ3v) is 2.12. The number of hydrogen-bond donors (Lipinski definition) is 1. The number of aliphatic hydroxyl groups is 1. The fraction of sp³-hybridized carbons (Fsp3) is 0.333. The Kier molecular flexibility index (Phi) is 3.39. The fourth-order valence-corrected chi connectivity index (χ4v) is 1.49. The largest absolute Gasteiger partial charge is 0.393 e. The van der Waals surface area contributed by atoms with Gasteiger partial charge in [0.15, 0.2) is 0 Å². The predicted octanol–water partition coefficient (Wildman–Crippen LogP) is 2.92. The van der Waals surface area contributed by atoms with Gasteiger partial charge in [0.05, 0.1) is 6.10 Å². The Bertz CT molecular complexity index is 271. The molecule has 3 heteroatoms. The number of rotatable bonds is 2. The van der Waals surface area contributed by atoms with E-state index in [4.69, 9.17) is 28.3 Å². The van der Waals surface area contributed by atoms with E-state index in [1.165, 1.54) is 0 Å². The molecule has 1 unspecified atom stereocenters. The van der Waals surface area contributed by atoms with Gasteiger partial charge in [-0.25, -0.2) is 0 Å². The second-order valence-electron chi connectivity index (χ2n) is 2.79. The van der Waals surface area contributed by atoms with Gasteiger partial charge in [-0.2, -0.15) is 0 Å². The molecule has 0 bridgehead atoms. The molecule has 0 saturated heterocycles. The summed E-state index contributed by atoms with van der Waals surface area (Å²) in [5.74, 6) is 0. The van der Waals surface area contributed by atoms with Crippen molar-refractivity contribution in [3.63, 3.8) is 0 Å². The SMILES string of the molecule is CC(O)Cc1ccc(Cl)cc1Cl. The highest BCUT2D eigenvalue weighted by molar-refractivity contribution is 6.35. The van der Waals surface area contributed by atoms with Crippen LogP contribution >= 0.6 is 23.2 Å². The first kappa shape index (κ1) is 9.85. The van der Waals surface area contributed by atoms with Crippen LogP contribution in [0.4, 0.5) is 0 Å². The quantitative estimate of drug-likeness (QED) is 0.786. The normalized spacial score (nSPS) is 13.0. The Morgan fingerprint density at radius 2 is 2.08 bits per heavy atom. The first-order chi connectivity index (χ1) is 5.59. The third-order valence-electron chi connectivity index (χ3n) is 1.53. The summed E-state index contributed by atoms with van der Waals surface area (Å²) in [5, 5.41) is 10.3. The second kappa shape index (κ2) is 4.13. The van der Waals surface area contributed by atoms with Crippen LogP contribution in [-0.2, 0) is 6.42 Å². The summed E-state index contributed by atoms with van der Waals surface area (Å²) >= 11 is 11.6. The Morgan fingerprint density at radius 3 is 2.58 bits per heavy atom. The van der Waals surface area contributed by atoms with E-state index < -0.39 is 0 Å². The molecule has 66 valence electrons. The van der Waals surface area contributed by atoms with E-state index >= 15 is 0 Å². The highest BCUT2D eigenvalue weighted by Crippen LogP contribution is 2.21. The van der Waals surface area contributed by atoms with Crippen LogP contribution in [0.15, 0.2) is 18.2 Å². The summed E-state index contributed by atoms with van der Waals surface area (Å²) < 4.78 is 0. The van der Waals surface area contributed by atoms with Crippen LogP contribution in [-0.4, -0.2) is 11.2 Å². The first-order valence-corrected chi connectivity index (χ1v) is 4.47. The smallest absolute Gasteiger partial charge is 0.0552 e. The Balaban J connectivity index is 2.86. The molecule has 0 spiro atoms. The first-order valence-electron chi connectivity index (χ1n) is 3.71. The minimum absolute atomic E-state index is 0.372. The summed E-state index contributed by atoms with van der Waals surface area (Å²) in [6, 6.07) is 5.28. The molecule has 1 atom stereocenters. The third kappa shape index (κ3) is 2.67. The van der Waals surface area contributed by atoms with E-state index in [9.17, 15) is 0 Å². The van der Waals surface area contributed by atoms with Crippen LogP contribution in [0.5, 0.6) is 0 Å². The molecule has 0 amide bonds. The molecule has 0 saturated carbocycles. The van der Waals surface area contributed by atoms with Crippen molar-refractivity contribution >= 4 is 23.2 Å². The van der Waals surface area contributed by atoms with Crippen LogP contribution in [0.2, 0.25) is 10.0 Å². The molecule has 0 fully saturated rings. The molecule has 0 aliphatic rings. The van der Waals surface area contributed by atoms with E-state index in [0.717, 1.165) is 5.56 Å². The van der Waals surface area contributed by atoms with Gasteiger partial charge in [-0.05, 0) is 31.0 Å². The lowest BCUT2D eigenvalue weighted by atomic mass is 10.1. The topological polar surface area (TPSA) is 20.2 Å². The van der Waals surface area contributed by atoms with Crippen molar-refractivity contribution in [1.29, 1.82) is 0 Å². The van der Waals surface area contributed by atoms with Crippen LogP contribution < -0.4 is 0 Å². The van der Waals surface area contributed by atoms with Crippen LogP contribution in [0.1, 0.15) is 12.5 Å². The van der Waals surface area contributed by atoms with E-state index in [1.54, 1.807) is 19.1 Å². The number of aliphatic hydroxyl groups excluding tert-OH is 1. The van der Waals surface area contributed by atoms with Crippen LogP contribution in [0, 0.1) is 0 Å². The molecule has 1 N–H and O–H groups in total. The average molecular weight is 205 g/mol. The number of halogens is 2. The highest BCUT2D eigenvalue weighted by Gasteiger charge is 2.03. The van der Waals surface area contributed by atoms with Gasteiger partial charge in [-0.3, -0.25) is 0 Å².